The number of nitrogens with zero attached hydrogens (tertiary/aromatic N) is 1. The van der Waals surface area contributed by atoms with E-state index >= 15 is 0 Å². The SMILES string of the molecule is C=[C]Cc1csc(C)n1. The van der Waals surface area contributed by atoms with E-state index in [-0.39, 0.29) is 0 Å². The second-order valence-electron chi connectivity index (χ2n) is 1.78. The lowest BCUT2D eigenvalue weighted by Crippen LogP contribution is -1.79. The third-order valence-corrected chi connectivity index (χ3v) is 1.80. The minimum atomic E-state index is 0.768. The van der Waals surface area contributed by atoms with Gasteiger partial charge in [0.25, 0.3) is 0 Å². The van der Waals surface area contributed by atoms with Crippen molar-refractivity contribution in [2.75, 3.05) is 0 Å². The maximum absolute atomic E-state index is 4.22. The van der Waals surface area contributed by atoms with E-state index in [0.29, 0.717) is 0 Å². The van der Waals surface area contributed by atoms with Crippen molar-refractivity contribution in [3.63, 3.8) is 0 Å². The van der Waals surface area contributed by atoms with Gasteiger partial charge in [0.05, 0.1) is 10.7 Å². The Bertz CT molecular complexity index is 202. The van der Waals surface area contributed by atoms with Crippen molar-refractivity contribution >= 4 is 11.3 Å². The first-order chi connectivity index (χ1) is 4.33. The quantitative estimate of drug-likeness (QED) is 0.609. The molecule has 0 unspecified atom stereocenters. The van der Waals surface area contributed by atoms with E-state index in [2.05, 4.69) is 17.6 Å². The van der Waals surface area contributed by atoms with Crippen LogP contribution in [-0.2, 0) is 6.42 Å². The average molecular weight is 138 g/mol. The molecule has 1 rings (SSSR count). The van der Waals surface area contributed by atoms with Crippen molar-refractivity contribution < 1.29 is 0 Å². The monoisotopic (exact) mass is 138 g/mol. The van der Waals surface area contributed by atoms with E-state index in [1.54, 1.807) is 11.3 Å². The lowest BCUT2D eigenvalue weighted by Gasteiger charge is -1.81. The summed E-state index contributed by atoms with van der Waals surface area (Å²) in [5.41, 5.74) is 1.08. The van der Waals surface area contributed by atoms with Crippen LogP contribution in [0.5, 0.6) is 0 Å². The molecule has 0 saturated heterocycles. The summed E-state index contributed by atoms with van der Waals surface area (Å²) in [6, 6.07) is 0. The van der Waals surface area contributed by atoms with Gasteiger partial charge in [-0.2, -0.15) is 0 Å². The summed E-state index contributed by atoms with van der Waals surface area (Å²) in [7, 11) is 0. The molecule has 0 saturated carbocycles. The van der Waals surface area contributed by atoms with Crippen LogP contribution in [0.3, 0.4) is 0 Å². The van der Waals surface area contributed by atoms with Crippen LogP contribution >= 0.6 is 11.3 Å². The predicted molar refractivity (Wildman–Crippen MR) is 39.4 cm³/mol. The first-order valence-electron chi connectivity index (χ1n) is 2.74. The smallest absolute Gasteiger partial charge is 0.0897 e. The molecule has 0 spiro atoms. The summed E-state index contributed by atoms with van der Waals surface area (Å²) >= 11 is 1.67. The third-order valence-electron chi connectivity index (χ3n) is 0.973. The minimum absolute atomic E-state index is 0.768. The molecule has 0 atom stereocenters. The van der Waals surface area contributed by atoms with Crippen LogP contribution in [-0.4, -0.2) is 4.98 Å². The van der Waals surface area contributed by atoms with E-state index in [1.807, 2.05) is 12.3 Å². The number of hydrogen-bond acceptors (Lipinski definition) is 2. The van der Waals surface area contributed by atoms with Crippen LogP contribution in [0.1, 0.15) is 10.7 Å². The summed E-state index contributed by atoms with van der Waals surface area (Å²) < 4.78 is 0. The fraction of sp³-hybridized carbons (Fsp3) is 0.286. The standard InChI is InChI=1S/C7H8NS/c1-3-4-7-5-9-6(2)8-7/h5H,1,4H2,2H3. The van der Waals surface area contributed by atoms with Crippen LogP contribution in [0.4, 0.5) is 0 Å². The Labute approximate surface area is 59.1 Å². The fourth-order valence-corrected chi connectivity index (χ4v) is 1.23. The minimum Gasteiger partial charge on any atom is -0.246 e. The van der Waals surface area contributed by atoms with Crippen molar-refractivity contribution in [2.45, 2.75) is 13.3 Å². The number of aryl methyl sites for hydroxylation is 1. The Balaban J connectivity index is 2.72. The van der Waals surface area contributed by atoms with Crippen molar-refractivity contribution in [3.05, 3.63) is 28.7 Å². The molecule has 0 aromatic carbocycles. The molecule has 0 amide bonds. The highest BCUT2D eigenvalue weighted by molar-refractivity contribution is 7.09. The van der Waals surface area contributed by atoms with Gasteiger partial charge in [0, 0.05) is 11.8 Å². The zero-order valence-electron chi connectivity index (χ0n) is 5.35. The molecule has 1 heterocycles. The van der Waals surface area contributed by atoms with Crippen LogP contribution in [0.15, 0.2) is 12.0 Å². The third kappa shape index (κ3) is 1.64. The summed E-state index contributed by atoms with van der Waals surface area (Å²) in [5.74, 6) is 0. The van der Waals surface area contributed by atoms with Gasteiger partial charge in [0.15, 0.2) is 0 Å². The molecule has 47 valence electrons. The highest BCUT2D eigenvalue weighted by Gasteiger charge is 1.92. The van der Waals surface area contributed by atoms with Crippen molar-refractivity contribution in [3.8, 4) is 0 Å². The molecule has 0 fully saturated rings. The Kier molecular flexibility index (Phi) is 2.01. The maximum atomic E-state index is 4.22. The van der Waals surface area contributed by atoms with Gasteiger partial charge in [0.1, 0.15) is 0 Å². The number of allylic oxidation sites excluding steroid dienone is 1. The molecular formula is C7H8NS. The number of rotatable bonds is 2. The highest BCUT2D eigenvalue weighted by Crippen LogP contribution is 2.07. The topological polar surface area (TPSA) is 12.9 Å². The van der Waals surface area contributed by atoms with Gasteiger partial charge >= 0.3 is 0 Å². The molecule has 0 aliphatic rings. The van der Waals surface area contributed by atoms with Gasteiger partial charge in [0.2, 0.25) is 0 Å². The van der Waals surface area contributed by atoms with Gasteiger partial charge in [-0.1, -0.05) is 6.58 Å². The molecule has 1 aromatic heterocycles. The molecule has 1 radical (unpaired) electrons. The maximum Gasteiger partial charge on any atom is 0.0897 e. The first kappa shape index (κ1) is 6.49. The summed E-state index contributed by atoms with van der Waals surface area (Å²) in [6.07, 6.45) is 3.56. The number of aromatic nitrogens is 1. The molecule has 1 nitrogen and oxygen atoms in total. The van der Waals surface area contributed by atoms with Gasteiger partial charge in [-0.25, -0.2) is 4.98 Å². The summed E-state index contributed by atoms with van der Waals surface area (Å²) in [5, 5.41) is 3.15. The Morgan fingerprint density at radius 3 is 3.11 bits per heavy atom. The largest absolute Gasteiger partial charge is 0.246 e. The van der Waals surface area contributed by atoms with Gasteiger partial charge in [-0.15, -0.1) is 11.3 Å². The molecule has 0 N–H and O–H groups in total. The molecule has 9 heavy (non-hydrogen) atoms. The van der Waals surface area contributed by atoms with E-state index in [0.717, 1.165) is 17.1 Å². The van der Waals surface area contributed by atoms with Crippen LogP contribution < -0.4 is 0 Å². The summed E-state index contributed by atoms with van der Waals surface area (Å²) in [6.45, 7) is 5.50. The van der Waals surface area contributed by atoms with E-state index in [4.69, 9.17) is 0 Å². The highest BCUT2D eigenvalue weighted by atomic mass is 32.1. The first-order valence-corrected chi connectivity index (χ1v) is 3.62. The van der Waals surface area contributed by atoms with Crippen molar-refractivity contribution in [1.29, 1.82) is 0 Å². The Morgan fingerprint density at radius 2 is 2.67 bits per heavy atom. The Morgan fingerprint density at radius 1 is 1.89 bits per heavy atom. The summed E-state index contributed by atoms with van der Waals surface area (Å²) in [4.78, 5) is 4.22. The number of hydrogen-bond donors (Lipinski definition) is 0. The molecule has 2 heteroatoms. The van der Waals surface area contributed by atoms with Crippen LogP contribution in [0.2, 0.25) is 0 Å². The van der Waals surface area contributed by atoms with Crippen LogP contribution in [0, 0.1) is 13.0 Å². The second-order valence-corrected chi connectivity index (χ2v) is 2.85. The van der Waals surface area contributed by atoms with E-state index < -0.39 is 0 Å². The van der Waals surface area contributed by atoms with Gasteiger partial charge in [-0.05, 0) is 13.0 Å². The molecule has 0 aliphatic carbocycles. The van der Waals surface area contributed by atoms with Gasteiger partial charge < -0.3 is 0 Å². The van der Waals surface area contributed by atoms with Crippen LogP contribution in [0.25, 0.3) is 0 Å². The lowest BCUT2D eigenvalue weighted by atomic mass is 10.3. The zero-order chi connectivity index (χ0) is 6.69. The van der Waals surface area contributed by atoms with Gasteiger partial charge in [-0.3, -0.25) is 0 Å². The average Bonchev–Trinajstić information content (AvgIpc) is 2.17. The predicted octanol–water partition coefficient (Wildman–Crippen LogP) is 1.98. The van der Waals surface area contributed by atoms with E-state index in [9.17, 15) is 0 Å². The molecule has 1 aromatic rings. The molecule has 0 bridgehead atoms. The fourth-order valence-electron chi connectivity index (χ4n) is 0.618. The zero-order valence-corrected chi connectivity index (χ0v) is 6.16. The Hall–Kier alpha value is -0.630. The van der Waals surface area contributed by atoms with Crippen molar-refractivity contribution in [1.82, 2.24) is 4.98 Å². The molecular weight excluding hydrogens is 130 g/mol. The number of thiazole rings is 1. The lowest BCUT2D eigenvalue weighted by molar-refractivity contribution is 1.10. The van der Waals surface area contributed by atoms with E-state index in [1.165, 1.54) is 0 Å². The second kappa shape index (κ2) is 2.78. The van der Waals surface area contributed by atoms with Crippen molar-refractivity contribution in [2.24, 2.45) is 0 Å². The molecule has 0 aliphatic heterocycles. The normalized spacial score (nSPS) is 9.44.